The Labute approximate surface area is 179 Å². The smallest absolute Gasteiger partial charge is 0.262 e. The van der Waals surface area contributed by atoms with Gasteiger partial charge in [-0.05, 0) is 31.9 Å². The Morgan fingerprint density at radius 3 is 2.86 bits per heavy atom. The van der Waals surface area contributed by atoms with E-state index in [1.54, 1.807) is 10.9 Å². The highest BCUT2D eigenvalue weighted by atomic mass is 35.5. The minimum absolute atomic E-state index is 0. The number of amides is 1. The van der Waals surface area contributed by atoms with Crippen LogP contribution in [-0.4, -0.2) is 34.6 Å². The number of aryl methyl sites for hydroxylation is 2. The molecule has 4 rings (SSSR count). The van der Waals surface area contributed by atoms with Gasteiger partial charge in [-0.3, -0.25) is 14.2 Å². The van der Waals surface area contributed by atoms with Crippen LogP contribution in [0.4, 0.5) is 0 Å². The Morgan fingerprint density at radius 2 is 2.14 bits per heavy atom. The fourth-order valence-corrected chi connectivity index (χ4v) is 4.46. The lowest BCUT2D eigenvalue weighted by molar-refractivity contribution is -0.121. The molecule has 8 heteroatoms. The Kier molecular flexibility index (Phi) is 7.05. The second kappa shape index (κ2) is 9.52. The van der Waals surface area contributed by atoms with Crippen LogP contribution in [-0.2, 0) is 11.3 Å². The molecule has 6 nitrogen and oxygen atoms in total. The lowest BCUT2D eigenvalue weighted by Gasteiger charge is -2.12. The van der Waals surface area contributed by atoms with E-state index in [-0.39, 0.29) is 30.3 Å². The monoisotopic (exact) mass is 432 g/mol. The molecule has 1 aliphatic rings. The summed E-state index contributed by atoms with van der Waals surface area (Å²) in [7, 11) is 0. The maximum atomic E-state index is 13.0. The lowest BCUT2D eigenvalue weighted by Crippen LogP contribution is -2.37. The van der Waals surface area contributed by atoms with Gasteiger partial charge in [0.05, 0.1) is 11.7 Å². The third-order valence-corrected chi connectivity index (χ3v) is 6.10. The van der Waals surface area contributed by atoms with Crippen molar-refractivity contribution in [3.63, 3.8) is 0 Å². The van der Waals surface area contributed by atoms with Gasteiger partial charge in [0, 0.05) is 36.5 Å². The summed E-state index contributed by atoms with van der Waals surface area (Å²) in [5, 5.41) is 8.93. The number of aromatic nitrogens is 2. The van der Waals surface area contributed by atoms with Crippen molar-refractivity contribution in [3.05, 3.63) is 51.9 Å². The van der Waals surface area contributed by atoms with Gasteiger partial charge in [-0.15, -0.1) is 23.7 Å². The van der Waals surface area contributed by atoms with E-state index in [0.29, 0.717) is 24.5 Å². The molecule has 1 fully saturated rings. The van der Waals surface area contributed by atoms with Crippen molar-refractivity contribution in [3.8, 4) is 11.1 Å². The molecular weight excluding hydrogens is 408 g/mol. The van der Waals surface area contributed by atoms with Crippen molar-refractivity contribution in [2.45, 2.75) is 38.8 Å². The highest BCUT2D eigenvalue weighted by Crippen LogP contribution is 2.30. The zero-order chi connectivity index (χ0) is 19.5. The molecule has 2 aromatic heterocycles. The van der Waals surface area contributed by atoms with Crippen LogP contribution < -0.4 is 16.2 Å². The molecule has 1 aliphatic heterocycles. The molecule has 2 N–H and O–H groups in total. The first-order valence-electron chi connectivity index (χ1n) is 9.65. The number of carbonyl (C=O) groups is 1. The van der Waals surface area contributed by atoms with Gasteiger partial charge >= 0.3 is 0 Å². The zero-order valence-corrected chi connectivity index (χ0v) is 17.9. The second-order valence-corrected chi connectivity index (χ2v) is 8.14. The standard InChI is InChI=1S/C21H24N4O2S.ClH/c1-14-4-6-15(7-5-14)17-12-28-20-19(17)21(27)25(13-24-20)10-8-18(26)23-11-16-3-2-9-22-16;/h4-7,12-13,16,22H,2-3,8-11H2,1H3,(H,23,26);1H. The van der Waals surface area contributed by atoms with Crippen molar-refractivity contribution >= 4 is 39.9 Å². The van der Waals surface area contributed by atoms with Crippen LogP contribution in [0.15, 0.2) is 40.8 Å². The van der Waals surface area contributed by atoms with E-state index in [0.717, 1.165) is 35.3 Å². The number of halogens is 1. The molecule has 0 saturated carbocycles. The van der Waals surface area contributed by atoms with Gasteiger partial charge in [0.2, 0.25) is 5.91 Å². The number of fused-ring (bicyclic) bond motifs is 1. The topological polar surface area (TPSA) is 76.0 Å². The molecule has 0 radical (unpaired) electrons. The van der Waals surface area contributed by atoms with Gasteiger partial charge in [0.25, 0.3) is 5.56 Å². The maximum Gasteiger partial charge on any atom is 0.262 e. The molecule has 1 amide bonds. The van der Waals surface area contributed by atoms with E-state index in [9.17, 15) is 9.59 Å². The van der Waals surface area contributed by atoms with Crippen LogP contribution in [0.2, 0.25) is 0 Å². The van der Waals surface area contributed by atoms with Crippen molar-refractivity contribution < 1.29 is 4.79 Å². The van der Waals surface area contributed by atoms with E-state index in [4.69, 9.17) is 0 Å². The molecule has 0 aliphatic carbocycles. The van der Waals surface area contributed by atoms with Crippen LogP contribution in [0.25, 0.3) is 21.3 Å². The number of nitrogens with zero attached hydrogens (tertiary/aromatic N) is 2. The predicted octanol–water partition coefficient (Wildman–Crippen LogP) is 3.11. The molecule has 29 heavy (non-hydrogen) atoms. The molecule has 154 valence electrons. The number of thiophene rings is 1. The molecule has 1 saturated heterocycles. The number of rotatable bonds is 6. The van der Waals surface area contributed by atoms with E-state index in [1.807, 2.05) is 36.6 Å². The van der Waals surface area contributed by atoms with Crippen molar-refractivity contribution in [1.29, 1.82) is 0 Å². The normalized spacial score (nSPS) is 16.0. The quantitative estimate of drug-likeness (QED) is 0.627. The predicted molar refractivity (Wildman–Crippen MR) is 120 cm³/mol. The van der Waals surface area contributed by atoms with E-state index in [2.05, 4.69) is 15.6 Å². The van der Waals surface area contributed by atoms with Gasteiger partial charge in [-0.2, -0.15) is 0 Å². The Morgan fingerprint density at radius 1 is 1.34 bits per heavy atom. The molecule has 0 spiro atoms. The van der Waals surface area contributed by atoms with Crippen LogP contribution in [0.3, 0.4) is 0 Å². The number of carbonyl (C=O) groups excluding carboxylic acids is 1. The summed E-state index contributed by atoms with van der Waals surface area (Å²) in [5.41, 5.74) is 3.00. The Hall–Kier alpha value is -2.22. The summed E-state index contributed by atoms with van der Waals surface area (Å²) >= 11 is 1.47. The SMILES string of the molecule is Cc1ccc(-c2csc3ncn(CCC(=O)NCC4CCCN4)c(=O)c23)cc1.Cl. The summed E-state index contributed by atoms with van der Waals surface area (Å²) in [6, 6.07) is 8.50. The fourth-order valence-electron chi connectivity index (χ4n) is 3.55. The average Bonchev–Trinajstić information content (AvgIpc) is 3.36. The molecule has 1 aromatic carbocycles. The summed E-state index contributed by atoms with van der Waals surface area (Å²) in [4.78, 5) is 30.3. The molecule has 3 heterocycles. The molecule has 3 aromatic rings. The fraction of sp³-hybridized carbons (Fsp3) is 0.381. The Bertz CT molecular complexity index is 1040. The van der Waals surface area contributed by atoms with Crippen LogP contribution in [0.5, 0.6) is 0 Å². The van der Waals surface area contributed by atoms with Crippen LogP contribution in [0.1, 0.15) is 24.8 Å². The Balaban J connectivity index is 0.00000240. The van der Waals surface area contributed by atoms with Crippen LogP contribution >= 0.6 is 23.7 Å². The summed E-state index contributed by atoms with van der Waals surface area (Å²) in [6.45, 7) is 4.03. The second-order valence-electron chi connectivity index (χ2n) is 7.29. The van der Waals surface area contributed by atoms with Crippen LogP contribution in [0, 0.1) is 6.92 Å². The molecular formula is C21H25ClN4O2S. The number of hydrogen-bond acceptors (Lipinski definition) is 5. The van der Waals surface area contributed by atoms with Gasteiger partial charge < -0.3 is 10.6 Å². The minimum atomic E-state index is -0.0907. The first-order valence-corrected chi connectivity index (χ1v) is 10.5. The van der Waals surface area contributed by atoms with Gasteiger partial charge in [-0.25, -0.2) is 4.98 Å². The zero-order valence-electron chi connectivity index (χ0n) is 16.3. The maximum absolute atomic E-state index is 13.0. The third kappa shape index (κ3) is 4.86. The summed E-state index contributed by atoms with van der Waals surface area (Å²) < 4.78 is 1.54. The highest BCUT2D eigenvalue weighted by Gasteiger charge is 2.16. The van der Waals surface area contributed by atoms with Crippen molar-refractivity contribution in [2.24, 2.45) is 0 Å². The van der Waals surface area contributed by atoms with Crippen molar-refractivity contribution in [1.82, 2.24) is 20.2 Å². The summed E-state index contributed by atoms with van der Waals surface area (Å²) in [6.07, 6.45) is 4.07. The largest absolute Gasteiger partial charge is 0.354 e. The van der Waals surface area contributed by atoms with E-state index < -0.39 is 0 Å². The van der Waals surface area contributed by atoms with E-state index >= 15 is 0 Å². The molecule has 1 atom stereocenters. The highest BCUT2D eigenvalue weighted by molar-refractivity contribution is 7.17. The van der Waals surface area contributed by atoms with E-state index in [1.165, 1.54) is 16.9 Å². The molecule has 1 unspecified atom stereocenters. The average molecular weight is 433 g/mol. The van der Waals surface area contributed by atoms with Crippen molar-refractivity contribution in [2.75, 3.05) is 13.1 Å². The number of hydrogen-bond donors (Lipinski definition) is 2. The minimum Gasteiger partial charge on any atom is -0.354 e. The molecule has 0 bridgehead atoms. The van der Waals surface area contributed by atoms with Gasteiger partial charge in [0.15, 0.2) is 0 Å². The first kappa shape index (κ1) is 21.5. The lowest BCUT2D eigenvalue weighted by atomic mass is 10.1. The summed E-state index contributed by atoms with van der Waals surface area (Å²) in [5.74, 6) is -0.0372. The first-order chi connectivity index (χ1) is 13.6. The number of nitrogens with one attached hydrogen (secondary N) is 2. The third-order valence-electron chi connectivity index (χ3n) is 5.21. The van der Waals surface area contributed by atoms with Gasteiger partial charge in [0.1, 0.15) is 4.83 Å². The number of benzene rings is 1. The van der Waals surface area contributed by atoms with Gasteiger partial charge in [-0.1, -0.05) is 29.8 Å².